The molecule has 2 heterocycles. The zero-order valence-corrected chi connectivity index (χ0v) is 17.0. The van der Waals surface area contributed by atoms with E-state index in [1.165, 1.54) is 0 Å². The third-order valence-electron chi connectivity index (χ3n) is 4.72. The van der Waals surface area contributed by atoms with Gasteiger partial charge in [0.2, 0.25) is 5.91 Å². The van der Waals surface area contributed by atoms with E-state index in [1.807, 2.05) is 77.6 Å². The number of hydrogen-bond acceptors (Lipinski definition) is 3. The van der Waals surface area contributed by atoms with Crippen molar-refractivity contribution >= 4 is 39.7 Å². The van der Waals surface area contributed by atoms with Crippen LogP contribution in [0.2, 0.25) is 5.02 Å². The molecule has 0 fully saturated rings. The van der Waals surface area contributed by atoms with Gasteiger partial charge < -0.3 is 5.32 Å². The maximum absolute atomic E-state index is 12.9. The number of nitrogens with one attached hydrogen (secondary N) is 1. The van der Waals surface area contributed by atoms with Gasteiger partial charge in [-0.2, -0.15) is 5.10 Å². The molecule has 0 spiro atoms. The Morgan fingerprint density at radius 1 is 1.18 bits per heavy atom. The molecule has 0 aliphatic carbocycles. The van der Waals surface area contributed by atoms with Crippen molar-refractivity contribution in [2.24, 2.45) is 0 Å². The smallest absolute Gasteiger partial charge is 0.245 e. The summed E-state index contributed by atoms with van der Waals surface area (Å²) >= 11 is 7.89. The Morgan fingerprint density at radius 2 is 2.00 bits per heavy atom. The van der Waals surface area contributed by atoms with E-state index in [1.54, 1.807) is 11.3 Å². The molecule has 0 aliphatic heterocycles. The molecule has 1 amide bonds. The molecule has 0 saturated heterocycles. The molecule has 2 aromatic carbocycles. The number of carbonyl (C=O) groups excluding carboxylic acids is 1. The van der Waals surface area contributed by atoms with E-state index in [0.29, 0.717) is 18.0 Å². The van der Waals surface area contributed by atoms with Crippen molar-refractivity contribution in [2.75, 3.05) is 0 Å². The van der Waals surface area contributed by atoms with E-state index >= 15 is 0 Å². The maximum atomic E-state index is 12.9. The molecule has 4 aromatic rings. The first-order chi connectivity index (χ1) is 13.7. The van der Waals surface area contributed by atoms with Gasteiger partial charge in [0.05, 0.1) is 12.1 Å². The first kappa shape index (κ1) is 18.7. The van der Waals surface area contributed by atoms with Crippen LogP contribution in [0.1, 0.15) is 24.3 Å². The van der Waals surface area contributed by atoms with Crippen LogP contribution in [0.5, 0.6) is 0 Å². The zero-order valence-electron chi connectivity index (χ0n) is 15.4. The third kappa shape index (κ3) is 3.68. The minimum atomic E-state index is -0.388. The highest BCUT2D eigenvalue weighted by Gasteiger charge is 2.23. The molecule has 1 N–H and O–H groups in total. The first-order valence-corrected chi connectivity index (χ1v) is 10.5. The van der Waals surface area contributed by atoms with Crippen LogP contribution >= 0.6 is 22.9 Å². The van der Waals surface area contributed by atoms with E-state index in [4.69, 9.17) is 16.7 Å². The lowest BCUT2D eigenvalue weighted by Crippen LogP contribution is -2.32. The zero-order chi connectivity index (χ0) is 19.5. The molecule has 2 aromatic heterocycles. The van der Waals surface area contributed by atoms with Crippen LogP contribution in [-0.2, 0) is 11.3 Å². The molecule has 0 saturated carbocycles. The summed E-state index contributed by atoms with van der Waals surface area (Å²) in [5.41, 5.74) is 2.74. The minimum absolute atomic E-state index is 0.0325. The Balaban J connectivity index is 1.73. The number of halogens is 1. The van der Waals surface area contributed by atoms with Crippen molar-refractivity contribution in [3.05, 3.63) is 75.9 Å². The number of thiophene rings is 1. The van der Waals surface area contributed by atoms with Gasteiger partial charge >= 0.3 is 0 Å². The second-order valence-corrected chi connectivity index (χ2v) is 8.01. The van der Waals surface area contributed by atoms with Gasteiger partial charge in [-0.25, -0.2) is 0 Å². The average Bonchev–Trinajstić information content (AvgIpc) is 3.36. The van der Waals surface area contributed by atoms with Gasteiger partial charge in [-0.15, -0.1) is 11.3 Å². The fourth-order valence-corrected chi connectivity index (χ4v) is 4.15. The summed E-state index contributed by atoms with van der Waals surface area (Å²) in [5, 5.41) is 11.5. The summed E-state index contributed by atoms with van der Waals surface area (Å²) in [6, 6.07) is 19.3. The normalized spacial score (nSPS) is 12.2. The van der Waals surface area contributed by atoms with Crippen molar-refractivity contribution in [1.29, 1.82) is 0 Å². The number of hydrogen-bond donors (Lipinski definition) is 1. The van der Waals surface area contributed by atoms with Gasteiger partial charge in [-0.05, 0) is 36.1 Å². The number of nitrogens with zero attached hydrogens (tertiary/aromatic N) is 2. The van der Waals surface area contributed by atoms with Crippen LogP contribution < -0.4 is 5.32 Å². The number of fused-ring (bicyclic) bond motifs is 1. The van der Waals surface area contributed by atoms with Gasteiger partial charge in [-0.1, -0.05) is 54.9 Å². The van der Waals surface area contributed by atoms with Crippen LogP contribution in [0.25, 0.3) is 22.2 Å². The lowest BCUT2D eigenvalue weighted by atomic mass is 10.1. The maximum Gasteiger partial charge on any atom is 0.245 e. The molecular weight excluding hydrogens is 390 g/mol. The highest BCUT2D eigenvalue weighted by Crippen LogP contribution is 2.32. The fourth-order valence-electron chi connectivity index (χ4n) is 3.33. The summed E-state index contributed by atoms with van der Waals surface area (Å²) in [7, 11) is 0. The standard InChI is InChI=1S/C22H20ClN3OS/c1-2-19(22(27)24-14-17-9-6-12-28-17)26-20-11-10-16(23)13-18(20)21(25-26)15-7-4-3-5-8-15/h3-13,19H,2,14H2,1H3,(H,24,27). The molecule has 1 atom stereocenters. The molecule has 0 bridgehead atoms. The van der Waals surface area contributed by atoms with Crippen molar-refractivity contribution in [3.63, 3.8) is 0 Å². The Hall–Kier alpha value is -2.63. The molecule has 142 valence electrons. The molecule has 6 heteroatoms. The Morgan fingerprint density at radius 3 is 2.71 bits per heavy atom. The molecule has 1 unspecified atom stereocenters. The fraction of sp³-hybridized carbons (Fsp3) is 0.182. The number of amides is 1. The lowest BCUT2D eigenvalue weighted by Gasteiger charge is -2.16. The second kappa shape index (κ2) is 8.17. The van der Waals surface area contributed by atoms with Gasteiger partial charge in [0.15, 0.2) is 0 Å². The third-order valence-corrected chi connectivity index (χ3v) is 5.83. The van der Waals surface area contributed by atoms with Crippen LogP contribution in [0.4, 0.5) is 0 Å². The van der Waals surface area contributed by atoms with Gasteiger partial charge in [0.25, 0.3) is 0 Å². The van der Waals surface area contributed by atoms with Crippen molar-refractivity contribution < 1.29 is 4.79 Å². The summed E-state index contributed by atoms with van der Waals surface area (Å²) in [6.45, 7) is 2.53. The van der Waals surface area contributed by atoms with E-state index in [2.05, 4.69) is 5.32 Å². The van der Waals surface area contributed by atoms with Crippen LogP contribution in [0.15, 0.2) is 66.0 Å². The summed E-state index contributed by atoms with van der Waals surface area (Å²) in [4.78, 5) is 14.1. The van der Waals surface area contributed by atoms with E-state index in [0.717, 1.165) is 27.0 Å². The highest BCUT2D eigenvalue weighted by molar-refractivity contribution is 7.09. The van der Waals surface area contributed by atoms with E-state index in [-0.39, 0.29) is 11.9 Å². The van der Waals surface area contributed by atoms with Crippen LogP contribution in [0, 0.1) is 0 Å². The summed E-state index contributed by atoms with van der Waals surface area (Å²) in [6.07, 6.45) is 0.643. The van der Waals surface area contributed by atoms with Crippen molar-refractivity contribution in [3.8, 4) is 11.3 Å². The molecule has 0 aliphatic rings. The minimum Gasteiger partial charge on any atom is -0.349 e. The molecular formula is C22H20ClN3OS. The number of benzene rings is 2. The van der Waals surface area contributed by atoms with Gasteiger partial charge in [0, 0.05) is 20.8 Å². The van der Waals surface area contributed by atoms with Crippen LogP contribution in [0.3, 0.4) is 0 Å². The SMILES string of the molecule is CCC(C(=O)NCc1cccs1)n1nc(-c2ccccc2)c2cc(Cl)ccc21. The number of rotatable bonds is 6. The van der Waals surface area contributed by atoms with Gasteiger partial charge in [-0.3, -0.25) is 9.48 Å². The number of carbonyl (C=O) groups is 1. The molecule has 28 heavy (non-hydrogen) atoms. The quantitative estimate of drug-likeness (QED) is 0.445. The van der Waals surface area contributed by atoms with Crippen molar-refractivity contribution in [2.45, 2.75) is 25.9 Å². The van der Waals surface area contributed by atoms with E-state index < -0.39 is 0 Å². The van der Waals surface area contributed by atoms with Gasteiger partial charge in [0.1, 0.15) is 11.7 Å². The lowest BCUT2D eigenvalue weighted by molar-refractivity contribution is -0.124. The Kier molecular flexibility index (Phi) is 5.46. The topological polar surface area (TPSA) is 46.9 Å². The Bertz CT molecular complexity index is 1090. The number of aromatic nitrogens is 2. The van der Waals surface area contributed by atoms with E-state index in [9.17, 15) is 4.79 Å². The summed E-state index contributed by atoms with van der Waals surface area (Å²) < 4.78 is 1.83. The predicted molar refractivity (Wildman–Crippen MR) is 116 cm³/mol. The van der Waals surface area contributed by atoms with Crippen molar-refractivity contribution in [1.82, 2.24) is 15.1 Å². The first-order valence-electron chi connectivity index (χ1n) is 9.20. The highest BCUT2D eigenvalue weighted by atomic mass is 35.5. The van der Waals surface area contributed by atoms with Crippen LogP contribution in [-0.4, -0.2) is 15.7 Å². The molecule has 4 rings (SSSR count). The average molecular weight is 410 g/mol. The molecule has 0 radical (unpaired) electrons. The monoisotopic (exact) mass is 409 g/mol. The second-order valence-electron chi connectivity index (χ2n) is 6.54. The predicted octanol–water partition coefficient (Wildman–Crippen LogP) is 5.69. The summed E-state index contributed by atoms with van der Waals surface area (Å²) in [5.74, 6) is -0.0325. The largest absolute Gasteiger partial charge is 0.349 e. The molecule has 4 nitrogen and oxygen atoms in total. The Labute approximate surface area is 172 Å².